The lowest BCUT2D eigenvalue weighted by atomic mass is 10.3. The summed E-state index contributed by atoms with van der Waals surface area (Å²) in [5.41, 5.74) is 1.54. The van der Waals surface area contributed by atoms with Gasteiger partial charge in [-0.25, -0.2) is 0 Å². The molecule has 2 rings (SSSR count). The zero-order valence-electron chi connectivity index (χ0n) is 11.8. The summed E-state index contributed by atoms with van der Waals surface area (Å²) in [5, 5.41) is 0. The normalized spacial score (nSPS) is 9.60. The largest absolute Gasteiger partial charge is 0.491 e. The summed E-state index contributed by atoms with van der Waals surface area (Å²) in [6.07, 6.45) is 3.35. The summed E-state index contributed by atoms with van der Waals surface area (Å²) >= 11 is 0. The Hall–Kier alpha value is -2.01. The van der Waals surface area contributed by atoms with E-state index in [2.05, 4.69) is 9.97 Å². The first-order valence-electron chi connectivity index (χ1n) is 5.84. The molecule has 6 heteroatoms. The summed E-state index contributed by atoms with van der Waals surface area (Å²) in [4.78, 5) is 8.33. The van der Waals surface area contributed by atoms with E-state index in [1.165, 1.54) is 0 Å². The van der Waals surface area contributed by atoms with Crippen LogP contribution in [0.5, 0.6) is 23.0 Å². The van der Waals surface area contributed by atoms with E-state index in [0.29, 0.717) is 23.0 Å². The van der Waals surface area contributed by atoms with Gasteiger partial charge in [0.2, 0.25) is 0 Å². The second-order valence-electron chi connectivity index (χ2n) is 3.96. The Labute approximate surface area is 124 Å². The molecule has 2 heterocycles. The zero-order valence-corrected chi connectivity index (χ0v) is 12.7. The van der Waals surface area contributed by atoms with Gasteiger partial charge in [-0.05, 0) is 13.8 Å². The summed E-state index contributed by atoms with van der Waals surface area (Å²) in [6, 6.07) is 3.50. The van der Waals surface area contributed by atoms with E-state index in [4.69, 9.17) is 14.2 Å². The molecule has 0 atom stereocenters. The summed E-state index contributed by atoms with van der Waals surface area (Å²) < 4.78 is 16.5. The Morgan fingerprint density at radius 1 is 0.800 bits per heavy atom. The quantitative estimate of drug-likeness (QED) is 0.866. The van der Waals surface area contributed by atoms with Crippen molar-refractivity contribution in [3.05, 3.63) is 35.9 Å². The molecule has 20 heavy (non-hydrogen) atoms. The van der Waals surface area contributed by atoms with Crippen LogP contribution in [0.2, 0.25) is 0 Å². The van der Waals surface area contributed by atoms with Gasteiger partial charge < -0.3 is 14.2 Å². The molecule has 0 saturated carbocycles. The van der Waals surface area contributed by atoms with Crippen LogP contribution in [0.3, 0.4) is 0 Å². The van der Waals surface area contributed by atoms with Crippen molar-refractivity contribution in [1.29, 1.82) is 0 Å². The highest BCUT2D eigenvalue weighted by molar-refractivity contribution is 5.85. The molecule has 108 valence electrons. The van der Waals surface area contributed by atoms with Gasteiger partial charge in [-0.15, -0.1) is 12.4 Å². The summed E-state index contributed by atoms with van der Waals surface area (Å²) in [6.45, 7) is 3.72. The Morgan fingerprint density at radius 2 is 1.20 bits per heavy atom. The van der Waals surface area contributed by atoms with Crippen molar-refractivity contribution in [3.8, 4) is 23.0 Å². The summed E-state index contributed by atoms with van der Waals surface area (Å²) in [7, 11) is 3.18. The molecule has 0 radical (unpaired) electrons. The summed E-state index contributed by atoms with van der Waals surface area (Å²) in [5.74, 6) is 2.41. The number of aryl methyl sites for hydroxylation is 2. The van der Waals surface area contributed by atoms with Crippen LogP contribution >= 0.6 is 12.4 Å². The van der Waals surface area contributed by atoms with Crippen LogP contribution in [-0.2, 0) is 0 Å². The minimum absolute atomic E-state index is 0. The van der Waals surface area contributed by atoms with E-state index in [1.807, 2.05) is 13.8 Å². The lowest BCUT2D eigenvalue weighted by molar-refractivity contribution is 0.351. The molecular formula is C14H17ClN2O3. The van der Waals surface area contributed by atoms with Gasteiger partial charge in [0.25, 0.3) is 0 Å². The third-order valence-corrected chi connectivity index (χ3v) is 2.72. The van der Waals surface area contributed by atoms with E-state index in [0.717, 1.165) is 11.4 Å². The second-order valence-corrected chi connectivity index (χ2v) is 3.96. The average molecular weight is 297 g/mol. The topological polar surface area (TPSA) is 53.5 Å². The molecule has 2 aromatic heterocycles. The maximum absolute atomic E-state index is 5.85. The molecule has 0 aliphatic heterocycles. The Balaban J connectivity index is 0.00000200. The van der Waals surface area contributed by atoms with Crippen molar-refractivity contribution < 1.29 is 14.2 Å². The minimum Gasteiger partial charge on any atom is -0.491 e. The fourth-order valence-electron chi connectivity index (χ4n) is 1.83. The highest BCUT2D eigenvalue weighted by Gasteiger charge is 2.13. The molecule has 0 N–H and O–H groups in total. The maximum atomic E-state index is 5.85. The molecule has 0 bridgehead atoms. The molecule has 0 aromatic carbocycles. The predicted molar refractivity (Wildman–Crippen MR) is 78.4 cm³/mol. The van der Waals surface area contributed by atoms with Crippen LogP contribution < -0.4 is 14.2 Å². The predicted octanol–water partition coefficient (Wildman–Crippen LogP) is 3.32. The van der Waals surface area contributed by atoms with Gasteiger partial charge >= 0.3 is 0 Å². The fourth-order valence-corrected chi connectivity index (χ4v) is 1.83. The van der Waals surface area contributed by atoms with Crippen molar-refractivity contribution in [2.45, 2.75) is 13.8 Å². The van der Waals surface area contributed by atoms with Gasteiger partial charge in [-0.1, -0.05) is 0 Å². The molecule has 5 nitrogen and oxygen atoms in total. The molecule has 2 aromatic rings. The van der Waals surface area contributed by atoms with Crippen LogP contribution in [0, 0.1) is 13.8 Å². The first-order valence-corrected chi connectivity index (χ1v) is 5.84. The number of ether oxygens (including phenoxy) is 3. The lowest BCUT2D eigenvalue weighted by Gasteiger charge is -2.14. The minimum atomic E-state index is 0. The molecule has 0 amide bonds. The van der Waals surface area contributed by atoms with Crippen molar-refractivity contribution in [2.24, 2.45) is 0 Å². The zero-order chi connectivity index (χ0) is 13.8. The molecule has 0 spiro atoms. The fraction of sp³-hybridized carbons (Fsp3) is 0.286. The van der Waals surface area contributed by atoms with Crippen molar-refractivity contribution in [1.82, 2.24) is 9.97 Å². The Kier molecular flexibility index (Phi) is 5.58. The molecule has 0 aliphatic rings. The number of pyridine rings is 2. The molecular weight excluding hydrogens is 280 g/mol. The average Bonchev–Trinajstić information content (AvgIpc) is 2.39. The van der Waals surface area contributed by atoms with Gasteiger partial charge in [0.05, 0.1) is 25.6 Å². The molecule has 0 fully saturated rings. The smallest absolute Gasteiger partial charge is 0.182 e. The van der Waals surface area contributed by atoms with Gasteiger partial charge in [-0.2, -0.15) is 0 Å². The third-order valence-electron chi connectivity index (χ3n) is 2.72. The number of nitrogens with zero attached hydrogens (tertiary/aromatic N) is 2. The molecule has 0 saturated heterocycles. The SMILES string of the molecule is COc1c(Oc2ccnc(C)c2OC)ccnc1C.Cl. The number of halogens is 1. The van der Waals surface area contributed by atoms with Crippen molar-refractivity contribution in [2.75, 3.05) is 14.2 Å². The van der Waals surface area contributed by atoms with Crippen LogP contribution in [-0.4, -0.2) is 24.2 Å². The molecule has 0 aliphatic carbocycles. The number of hydrogen-bond acceptors (Lipinski definition) is 5. The van der Waals surface area contributed by atoms with Gasteiger partial charge in [-0.3, -0.25) is 9.97 Å². The van der Waals surface area contributed by atoms with E-state index in [9.17, 15) is 0 Å². The van der Waals surface area contributed by atoms with Gasteiger partial charge in [0.15, 0.2) is 23.0 Å². The number of hydrogen-bond donors (Lipinski definition) is 0. The van der Waals surface area contributed by atoms with Gasteiger partial charge in [0.1, 0.15) is 0 Å². The van der Waals surface area contributed by atoms with Crippen molar-refractivity contribution in [3.63, 3.8) is 0 Å². The standard InChI is InChI=1S/C14H16N2O3.ClH/c1-9-13(17-3)11(5-7-15-9)19-12-6-8-16-10(2)14(12)18-4;/h5-8H,1-4H3;1H. The monoisotopic (exact) mass is 296 g/mol. The second kappa shape index (κ2) is 6.96. The van der Waals surface area contributed by atoms with E-state index >= 15 is 0 Å². The van der Waals surface area contributed by atoms with E-state index in [-0.39, 0.29) is 12.4 Å². The highest BCUT2D eigenvalue weighted by atomic mass is 35.5. The van der Waals surface area contributed by atoms with Crippen LogP contribution in [0.15, 0.2) is 24.5 Å². The molecule has 0 unspecified atom stereocenters. The number of methoxy groups -OCH3 is 2. The third kappa shape index (κ3) is 3.11. The lowest BCUT2D eigenvalue weighted by Crippen LogP contribution is -1.98. The van der Waals surface area contributed by atoms with E-state index in [1.54, 1.807) is 38.7 Å². The van der Waals surface area contributed by atoms with Gasteiger partial charge in [0, 0.05) is 24.5 Å². The highest BCUT2D eigenvalue weighted by Crippen LogP contribution is 2.37. The van der Waals surface area contributed by atoms with E-state index < -0.39 is 0 Å². The maximum Gasteiger partial charge on any atom is 0.182 e. The first-order chi connectivity index (χ1) is 9.17. The van der Waals surface area contributed by atoms with Crippen LogP contribution in [0.1, 0.15) is 11.4 Å². The van der Waals surface area contributed by atoms with Crippen molar-refractivity contribution >= 4 is 12.4 Å². The first kappa shape index (κ1) is 16.0. The Morgan fingerprint density at radius 3 is 1.55 bits per heavy atom. The number of aromatic nitrogens is 2. The van der Waals surface area contributed by atoms with Crippen LogP contribution in [0.25, 0.3) is 0 Å². The Bertz CT molecular complexity index is 539. The van der Waals surface area contributed by atoms with Crippen LogP contribution in [0.4, 0.5) is 0 Å². The number of rotatable bonds is 4.